The number of carbonyl (C=O) groups excluding carboxylic acids is 1. The molecule has 4 heteroatoms. The van der Waals surface area contributed by atoms with Gasteiger partial charge in [-0.05, 0) is 7.05 Å². The third kappa shape index (κ3) is 4.50. The molecule has 4 nitrogen and oxygen atoms in total. The van der Waals surface area contributed by atoms with Crippen molar-refractivity contribution in [2.45, 2.75) is 13.3 Å². The number of nitrogens with one attached hydrogen (secondary N) is 1. The first kappa shape index (κ1) is 10.1. The summed E-state index contributed by atoms with van der Waals surface area (Å²) in [6.07, 6.45) is 0.107. The molecule has 0 amide bonds. The van der Waals surface area contributed by atoms with Crippen LogP contribution < -0.4 is 5.32 Å². The second kappa shape index (κ2) is 4.85. The highest BCUT2D eigenvalue weighted by Gasteiger charge is 2.14. The molecule has 0 saturated carbocycles. The van der Waals surface area contributed by atoms with Crippen LogP contribution in [0.1, 0.15) is 13.3 Å². The average molecular weight is 159 g/mol. The van der Waals surface area contributed by atoms with Crippen LogP contribution in [0.15, 0.2) is 0 Å². The van der Waals surface area contributed by atoms with Crippen molar-refractivity contribution < 1.29 is 14.7 Å². The predicted octanol–water partition coefficient (Wildman–Crippen LogP) is -0.114. The molecule has 0 spiro atoms. The Morgan fingerprint density at radius 1 is 1.55 bits per heavy atom. The van der Waals surface area contributed by atoms with Gasteiger partial charge in [-0.3, -0.25) is 9.59 Å². The van der Waals surface area contributed by atoms with E-state index in [0.717, 1.165) is 0 Å². The number of carboxylic acid groups (broad SMARTS) is 1. The third-order valence-electron chi connectivity index (χ3n) is 1.33. The van der Waals surface area contributed by atoms with Gasteiger partial charge in [0.25, 0.3) is 0 Å². The smallest absolute Gasteiger partial charge is 0.306 e. The molecule has 0 radical (unpaired) electrons. The Morgan fingerprint density at radius 3 is 2.45 bits per heavy atom. The number of hydrogen-bond acceptors (Lipinski definition) is 3. The molecule has 0 fully saturated rings. The van der Waals surface area contributed by atoms with Crippen molar-refractivity contribution in [1.82, 2.24) is 5.32 Å². The monoisotopic (exact) mass is 159 g/mol. The van der Waals surface area contributed by atoms with Gasteiger partial charge < -0.3 is 10.4 Å². The number of ketones is 1. The zero-order chi connectivity index (χ0) is 8.85. The van der Waals surface area contributed by atoms with Crippen molar-refractivity contribution in [1.29, 1.82) is 0 Å². The minimum Gasteiger partial charge on any atom is -0.481 e. The van der Waals surface area contributed by atoms with Gasteiger partial charge in [-0.1, -0.05) is 6.92 Å². The largest absolute Gasteiger partial charge is 0.481 e. The summed E-state index contributed by atoms with van der Waals surface area (Å²) in [5.41, 5.74) is 0. The minimum atomic E-state index is -0.922. The van der Waals surface area contributed by atoms with E-state index in [1.807, 2.05) is 0 Å². The van der Waals surface area contributed by atoms with Gasteiger partial charge in [-0.2, -0.15) is 0 Å². The van der Waals surface area contributed by atoms with Crippen LogP contribution in [0.5, 0.6) is 0 Å². The number of hydrogen-bond donors (Lipinski definition) is 2. The number of Topliss-reactive ketones (excluding diaryl/α,β-unsaturated/α-hetero) is 1. The van der Waals surface area contributed by atoms with E-state index in [1.165, 1.54) is 6.92 Å². The molecule has 1 atom stereocenters. The number of carbonyl (C=O) groups is 2. The van der Waals surface area contributed by atoms with Crippen LogP contribution in [0, 0.1) is 5.92 Å². The minimum absolute atomic E-state index is 0.0672. The zero-order valence-corrected chi connectivity index (χ0v) is 6.76. The highest BCUT2D eigenvalue weighted by atomic mass is 16.4. The second-order valence-electron chi connectivity index (χ2n) is 2.51. The van der Waals surface area contributed by atoms with Gasteiger partial charge in [-0.25, -0.2) is 0 Å². The molecule has 0 aromatic rings. The van der Waals surface area contributed by atoms with Crippen LogP contribution in [-0.4, -0.2) is 30.5 Å². The molecule has 0 heterocycles. The summed E-state index contributed by atoms with van der Waals surface area (Å²) in [6.45, 7) is 1.77. The van der Waals surface area contributed by atoms with E-state index in [-0.39, 0.29) is 18.7 Å². The average Bonchev–Trinajstić information content (AvgIpc) is 1.87. The summed E-state index contributed by atoms with van der Waals surface area (Å²) in [4.78, 5) is 21.1. The van der Waals surface area contributed by atoms with Crippen molar-refractivity contribution >= 4 is 11.8 Å². The Labute approximate surface area is 65.6 Å². The van der Waals surface area contributed by atoms with Crippen molar-refractivity contribution in [2.24, 2.45) is 5.92 Å². The number of carboxylic acids is 1. The van der Waals surface area contributed by atoms with Crippen LogP contribution in [-0.2, 0) is 9.59 Å². The Balaban J connectivity index is 3.66. The summed E-state index contributed by atoms with van der Waals surface area (Å²) in [6, 6.07) is 0. The fourth-order valence-corrected chi connectivity index (χ4v) is 0.698. The van der Waals surface area contributed by atoms with Crippen LogP contribution in [0.2, 0.25) is 0 Å². The molecule has 0 rings (SSSR count). The van der Waals surface area contributed by atoms with Crippen molar-refractivity contribution in [3.05, 3.63) is 0 Å². The maximum absolute atomic E-state index is 10.8. The van der Waals surface area contributed by atoms with Crippen LogP contribution in [0.4, 0.5) is 0 Å². The SMILES string of the molecule is CNCC(=O)CC(C)C(=O)O. The molecular weight excluding hydrogens is 146 g/mol. The Bertz CT molecular complexity index is 156. The molecular formula is C7H13NO3. The summed E-state index contributed by atoms with van der Waals surface area (Å²) in [5, 5.41) is 11.1. The van der Waals surface area contributed by atoms with Crippen LogP contribution >= 0.6 is 0 Å². The van der Waals surface area contributed by atoms with E-state index in [9.17, 15) is 9.59 Å². The van der Waals surface area contributed by atoms with E-state index >= 15 is 0 Å². The Kier molecular flexibility index (Phi) is 4.45. The zero-order valence-electron chi connectivity index (χ0n) is 6.76. The summed E-state index contributed by atoms with van der Waals surface area (Å²) in [7, 11) is 1.66. The van der Waals surface area contributed by atoms with Crippen molar-refractivity contribution in [2.75, 3.05) is 13.6 Å². The lowest BCUT2D eigenvalue weighted by molar-refractivity contribution is -0.143. The molecule has 0 bridgehead atoms. The predicted molar refractivity (Wildman–Crippen MR) is 40.4 cm³/mol. The number of likely N-dealkylation sites (N-methyl/N-ethyl adjacent to an activating group) is 1. The van der Waals surface area contributed by atoms with Gasteiger partial charge in [0.05, 0.1) is 12.5 Å². The topological polar surface area (TPSA) is 66.4 Å². The highest BCUT2D eigenvalue weighted by molar-refractivity contribution is 5.84. The molecule has 0 aliphatic rings. The van der Waals surface area contributed by atoms with E-state index in [1.54, 1.807) is 7.05 Å². The normalized spacial score (nSPS) is 12.5. The number of aliphatic carboxylic acids is 1. The van der Waals surface area contributed by atoms with Gasteiger partial charge in [0.1, 0.15) is 5.78 Å². The van der Waals surface area contributed by atoms with Crippen molar-refractivity contribution in [3.63, 3.8) is 0 Å². The van der Waals surface area contributed by atoms with E-state index in [4.69, 9.17) is 5.11 Å². The Morgan fingerprint density at radius 2 is 2.09 bits per heavy atom. The van der Waals surface area contributed by atoms with E-state index < -0.39 is 11.9 Å². The fourth-order valence-electron chi connectivity index (χ4n) is 0.698. The Hall–Kier alpha value is -0.900. The molecule has 0 aromatic heterocycles. The molecule has 64 valence electrons. The first-order valence-electron chi connectivity index (χ1n) is 3.47. The van der Waals surface area contributed by atoms with Crippen LogP contribution in [0.25, 0.3) is 0 Å². The first-order valence-corrected chi connectivity index (χ1v) is 3.47. The fraction of sp³-hybridized carbons (Fsp3) is 0.714. The van der Waals surface area contributed by atoms with Gasteiger partial charge in [0.2, 0.25) is 0 Å². The third-order valence-corrected chi connectivity index (χ3v) is 1.33. The summed E-state index contributed by atoms with van der Waals surface area (Å²) < 4.78 is 0. The molecule has 0 aromatic carbocycles. The standard InChI is InChI=1S/C7H13NO3/c1-5(7(10)11)3-6(9)4-8-2/h5,8H,3-4H2,1-2H3,(H,10,11). The molecule has 0 aliphatic heterocycles. The molecule has 1 unspecified atom stereocenters. The first-order chi connectivity index (χ1) is 5.07. The molecule has 0 aliphatic carbocycles. The molecule has 0 saturated heterocycles. The van der Waals surface area contributed by atoms with E-state index in [0.29, 0.717) is 0 Å². The lowest BCUT2D eigenvalue weighted by Crippen LogP contribution is -2.23. The van der Waals surface area contributed by atoms with Crippen LogP contribution in [0.3, 0.4) is 0 Å². The maximum Gasteiger partial charge on any atom is 0.306 e. The lowest BCUT2D eigenvalue weighted by Gasteiger charge is -2.03. The van der Waals surface area contributed by atoms with Crippen molar-refractivity contribution in [3.8, 4) is 0 Å². The quantitative estimate of drug-likeness (QED) is 0.587. The molecule has 2 N–H and O–H groups in total. The van der Waals surface area contributed by atoms with Gasteiger partial charge in [0, 0.05) is 6.42 Å². The van der Waals surface area contributed by atoms with Gasteiger partial charge in [0.15, 0.2) is 0 Å². The molecule has 11 heavy (non-hydrogen) atoms. The number of rotatable bonds is 5. The summed E-state index contributed by atoms with van der Waals surface area (Å²) in [5.74, 6) is -1.56. The summed E-state index contributed by atoms with van der Waals surface area (Å²) >= 11 is 0. The highest BCUT2D eigenvalue weighted by Crippen LogP contribution is 2.01. The maximum atomic E-state index is 10.8. The lowest BCUT2D eigenvalue weighted by atomic mass is 10.1. The van der Waals surface area contributed by atoms with Gasteiger partial charge >= 0.3 is 5.97 Å². The van der Waals surface area contributed by atoms with E-state index in [2.05, 4.69) is 5.32 Å². The second-order valence-corrected chi connectivity index (χ2v) is 2.51. The van der Waals surface area contributed by atoms with Gasteiger partial charge in [-0.15, -0.1) is 0 Å².